The van der Waals surface area contributed by atoms with Gasteiger partial charge < -0.3 is 10.6 Å². The van der Waals surface area contributed by atoms with Crippen molar-refractivity contribution in [3.8, 4) is 0 Å². The fourth-order valence-electron chi connectivity index (χ4n) is 2.01. The molecule has 4 nitrogen and oxygen atoms in total. The average Bonchev–Trinajstić information content (AvgIpc) is 2.47. The van der Waals surface area contributed by atoms with Gasteiger partial charge in [0.25, 0.3) is 0 Å². The van der Waals surface area contributed by atoms with E-state index in [4.69, 9.17) is 0 Å². The van der Waals surface area contributed by atoms with Crippen LogP contribution in [0.4, 0.5) is 20.2 Å². The molecule has 0 aromatic heterocycles. The molecule has 0 radical (unpaired) electrons. The minimum Gasteiger partial charge on any atom is -0.325 e. The monoisotopic (exact) mass is 318 g/mol. The van der Waals surface area contributed by atoms with Crippen LogP contribution >= 0.6 is 0 Å². The summed E-state index contributed by atoms with van der Waals surface area (Å²) in [5.41, 5.74) is 2.37. The minimum absolute atomic E-state index is 0.170. The van der Waals surface area contributed by atoms with Gasteiger partial charge in [-0.05, 0) is 43.2 Å². The Morgan fingerprint density at radius 2 is 1.61 bits per heavy atom. The third kappa shape index (κ3) is 4.35. The molecule has 2 aromatic carbocycles. The minimum atomic E-state index is -0.895. The number of halogens is 2. The summed E-state index contributed by atoms with van der Waals surface area (Å²) in [4.78, 5) is 23.7. The quantitative estimate of drug-likeness (QED) is 0.847. The zero-order chi connectivity index (χ0) is 17.0. The van der Waals surface area contributed by atoms with Gasteiger partial charge in [-0.2, -0.15) is 0 Å². The van der Waals surface area contributed by atoms with Crippen molar-refractivity contribution in [3.63, 3.8) is 0 Å². The second-order valence-electron chi connectivity index (χ2n) is 5.14. The largest absolute Gasteiger partial charge is 0.325 e. The zero-order valence-electron chi connectivity index (χ0n) is 12.7. The molecule has 0 saturated carbocycles. The van der Waals surface area contributed by atoms with Crippen LogP contribution in [0.1, 0.15) is 17.5 Å². The second kappa shape index (κ2) is 7.00. The Balaban J connectivity index is 1.97. The summed E-state index contributed by atoms with van der Waals surface area (Å²) in [6.45, 7) is 3.77. The summed E-state index contributed by atoms with van der Waals surface area (Å²) >= 11 is 0. The molecule has 0 aliphatic carbocycles. The van der Waals surface area contributed by atoms with Gasteiger partial charge in [-0.3, -0.25) is 9.59 Å². The van der Waals surface area contributed by atoms with Crippen molar-refractivity contribution >= 4 is 23.2 Å². The molecule has 0 atom stereocenters. The van der Waals surface area contributed by atoms with Gasteiger partial charge in [-0.1, -0.05) is 12.1 Å². The van der Waals surface area contributed by atoms with E-state index in [-0.39, 0.29) is 5.69 Å². The van der Waals surface area contributed by atoms with Gasteiger partial charge in [-0.25, -0.2) is 8.78 Å². The Bertz CT molecular complexity index is 760. The van der Waals surface area contributed by atoms with E-state index in [0.29, 0.717) is 11.8 Å². The summed E-state index contributed by atoms with van der Waals surface area (Å²) in [5, 5.41) is 4.88. The van der Waals surface area contributed by atoms with Gasteiger partial charge in [0.1, 0.15) is 18.1 Å². The lowest BCUT2D eigenvalue weighted by Gasteiger charge is -2.10. The number of hydrogen-bond acceptors (Lipinski definition) is 2. The third-order valence-electron chi connectivity index (χ3n) is 3.41. The molecule has 0 aliphatic rings. The summed E-state index contributed by atoms with van der Waals surface area (Å²) in [6.07, 6.45) is -0.468. The summed E-state index contributed by atoms with van der Waals surface area (Å²) < 4.78 is 26.2. The lowest BCUT2D eigenvalue weighted by atomic mass is 10.1. The van der Waals surface area contributed by atoms with Crippen molar-refractivity contribution in [2.75, 3.05) is 10.6 Å². The summed E-state index contributed by atoms with van der Waals surface area (Å²) in [7, 11) is 0. The Kier molecular flexibility index (Phi) is 5.05. The average molecular weight is 318 g/mol. The Morgan fingerprint density at radius 1 is 0.957 bits per heavy atom. The lowest BCUT2D eigenvalue weighted by molar-refractivity contribution is -0.123. The number of carbonyl (C=O) groups is 2. The predicted octanol–water partition coefficient (Wildman–Crippen LogP) is 3.55. The summed E-state index contributed by atoms with van der Waals surface area (Å²) in [5.74, 6) is -2.83. The van der Waals surface area contributed by atoms with Crippen molar-refractivity contribution in [3.05, 3.63) is 59.2 Å². The molecule has 2 N–H and O–H groups in total. The maximum atomic E-state index is 13.4. The number of aryl methyl sites for hydroxylation is 1. The Hall–Kier alpha value is -2.76. The van der Waals surface area contributed by atoms with E-state index in [2.05, 4.69) is 10.6 Å². The van der Waals surface area contributed by atoms with Crippen LogP contribution in [0, 0.1) is 25.5 Å². The molecule has 0 aliphatic heterocycles. The maximum absolute atomic E-state index is 13.4. The van der Waals surface area contributed by atoms with Crippen LogP contribution in [0.3, 0.4) is 0 Å². The van der Waals surface area contributed by atoms with Gasteiger partial charge in [0, 0.05) is 11.8 Å². The summed E-state index contributed by atoms with van der Waals surface area (Å²) in [6, 6.07) is 8.23. The van der Waals surface area contributed by atoms with E-state index in [1.165, 1.54) is 0 Å². The van der Waals surface area contributed by atoms with E-state index >= 15 is 0 Å². The lowest BCUT2D eigenvalue weighted by Crippen LogP contribution is -2.22. The second-order valence-corrected chi connectivity index (χ2v) is 5.14. The first-order valence-corrected chi connectivity index (χ1v) is 6.98. The van der Waals surface area contributed by atoms with Crippen LogP contribution in [-0.4, -0.2) is 11.8 Å². The van der Waals surface area contributed by atoms with Crippen LogP contribution in [0.2, 0.25) is 0 Å². The molecule has 2 amide bonds. The number of amides is 2. The van der Waals surface area contributed by atoms with Gasteiger partial charge >= 0.3 is 0 Å². The molecular formula is C17H16F2N2O2. The number of carbonyl (C=O) groups excluding carboxylic acids is 2. The van der Waals surface area contributed by atoms with E-state index < -0.39 is 29.9 Å². The first-order chi connectivity index (χ1) is 10.9. The molecule has 23 heavy (non-hydrogen) atoms. The molecule has 2 rings (SSSR count). The van der Waals surface area contributed by atoms with E-state index in [1.54, 1.807) is 12.1 Å². The number of anilines is 2. The highest BCUT2D eigenvalue weighted by Crippen LogP contribution is 2.18. The van der Waals surface area contributed by atoms with Gasteiger partial charge in [0.2, 0.25) is 11.8 Å². The SMILES string of the molecule is Cc1cccc(NC(=O)CC(=O)Nc2ccc(F)cc2F)c1C. The Morgan fingerprint density at radius 3 is 2.26 bits per heavy atom. The first kappa shape index (κ1) is 16.6. The number of hydrogen-bond donors (Lipinski definition) is 2. The van der Waals surface area contributed by atoms with Crippen molar-refractivity contribution in [2.45, 2.75) is 20.3 Å². The highest BCUT2D eigenvalue weighted by Gasteiger charge is 2.13. The van der Waals surface area contributed by atoms with E-state index in [1.807, 2.05) is 19.9 Å². The van der Waals surface area contributed by atoms with E-state index in [0.717, 1.165) is 23.3 Å². The zero-order valence-corrected chi connectivity index (χ0v) is 12.7. The van der Waals surface area contributed by atoms with Crippen molar-refractivity contribution < 1.29 is 18.4 Å². The number of nitrogens with one attached hydrogen (secondary N) is 2. The highest BCUT2D eigenvalue weighted by atomic mass is 19.1. The smallest absolute Gasteiger partial charge is 0.233 e. The fourth-order valence-corrected chi connectivity index (χ4v) is 2.01. The fraction of sp³-hybridized carbons (Fsp3) is 0.176. The highest BCUT2D eigenvalue weighted by molar-refractivity contribution is 6.08. The number of rotatable bonds is 4. The molecule has 120 valence electrons. The molecule has 0 fully saturated rings. The number of benzene rings is 2. The third-order valence-corrected chi connectivity index (χ3v) is 3.41. The van der Waals surface area contributed by atoms with Gasteiger partial charge in [0.15, 0.2) is 0 Å². The van der Waals surface area contributed by atoms with Crippen LogP contribution in [0.15, 0.2) is 36.4 Å². The van der Waals surface area contributed by atoms with Crippen LogP contribution in [0.5, 0.6) is 0 Å². The van der Waals surface area contributed by atoms with Gasteiger partial charge in [-0.15, -0.1) is 0 Å². The normalized spacial score (nSPS) is 10.3. The molecule has 0 spiro atoms. The predicted molar refractivity (Wildman–Crippen MR) is 84.2 cm³/mol. The molecule has 2 aromatic rings. The van der Waals surface area contributed by atoms with Crippen molar-refractivity contribution in [1.82, 2.24) is 0 Å². The van der Waals surface area contributed by atoms with Crippen LogP contribution in [-0.2, 0) is 9.59 Å². The first-order valence-electron chi connectivity index (χ1n) is 6.98. The van der Waals surface area contributed by atoms with Crippen molar-refractivity contribution in [1.29, 1.82) is 0 Å². The topological polar surface area (TPSA) is 58.2 Å². The van der Waals surface area contributed by atoms with Crippen molar-refractivity contribution in [2.24, 2.45) is 0 Å². The van der Waals surface area contributed by atoms with Crippen LogP contribution < -0.4 is 10.6 Å². The molecule has 0 heterocycles. The maximum Gasteiger partial charge on any atom is 0.233 e. The molecule has 0 bridgehead atoms. The Labute approximate surface area is 132 Å². The standard InChI is InChI=1S/C17H16F2N2O2/c1-10-4-3-5-14(11(10)2)20-16(22)9-17(23)21-15-7-6-12(18)8-13(15)19/h3-8H,9H2,1-2H3,(H,20,22)(H,21,23). The molecule has 0 unspecified atom stereocenters. The van der Waals surface area contributed by atoms with Gasteiger partial charge in [0.05, 0.1) is 5.69 Å². The van der Waals surface area contributed by atoms with Crippen LogP contribution in [0.25, 0.3) is 0 Å². The van der Waals surface area contributed by atoms with E-state index in [9.17, 15) is 18.4 Å². The molecule has 0 saturated heterocycles. The molecule has 6 heteroatoms. The molecular weight excluding hydrogens is 302 g/mol.